The van der Waals surface area contributed by atoms with Crippen LogP contribution in [0.4, 0.5) is 0 Å². The maximum Gasteiger partial charge on any atom is 0.303 e. The molecule has 9 nitrogen and oxygen atoms in total. The number of fused-ring (bicyclic) bond motifs is 1. The van der Waals surface area contributed by atoms with E-state index >= 15 is 0 Å². The Hall–Kier alpha value is -2.26. The van der Waals surface area contributed by atoms with Gasteiger partial charge in [0.15, 0.2) is 30.4 Å². The summed E-state index contributed by atoms with van der Waals surface area (Å²) in [5.74, 6) is -1.50. The second-order valence-corrected chi connectivity index (χ2v) is 10.7. The number of rotatable bonds is 6. The molecule has 2 fully saturated rings. The van der Waals surface area contributed by atoms with Gasteiger partial charge in [0.25, 0.3) is 0 Å². The summed E-state index contributed by atoms with van der Waals surface area (Å²) in [6.07, 6.45) is -0.134. The van der Waals surface area contributed by atoms with Crippen molar-refractivity contribution >= 4 is 23.7 Å². The van der Waals surface area contributed by atoms with Crippen molar-refractivity contribution in [2.45, 2.75) is 111 Å². The van der Waals surface area contributed by atoms with Crippen LogP contribution < -0.4 is 0 Å². The molecule has 196 valence electrons. The van der Waals surface area contributed by atoms with E-state index in [2.05, 4.69) is 6.92 Å². The van der Waals surface area contributed by atoms with E-state index in [1.807, 2.05) is 20.8 Å². The lowest BCUT2D eigenvalue weighted by atomic mass is 9.59. The summed E-state index contributed by atoms with van der Waals surface area (Å²) in [5, 5.41) is 0. The van der Waals surface area contributed by atoms with E-state index in [1.54, 1.807) is 0 Å². The molecule has 3 rings (SSSR count). The Bertz CT molecular complexity index is 904. The lowest BCUT2D eigenvalue weighted by Crippen LogP contribution is -2.60. The molecule has 9 heteroatoms. The van der Waals surface area contributed by atoms with Crippen LogP contribution in [0, 0.1) is 11.3 Å². The molecule has 0 amide bonds. The molecule has 35 heavy (non-hydrogen) atoms. The van der Waals surface area contributed by atoms with Crippen LogP contribution in [0.1, 0.15) is 80.6 Å². The summed E-state index contributed by atoms with van der Waals surface area (Å²) in [6.45, 7) is 11.7. The average Bonchev–Trinajstić information content (AvgIpc) is 2.74. The molecule has 1 heterocycles. The average molecular weight is 495 g/mol. The van der Waals surface area contributed by atoms with Crippen molar-refractivity contribution < 1.29 is 42.9 Å². The molecular weight excluding hydrogens is 456 g/mol. The molecule has 0 N–H and O–H groups in total. The van der Waals surface area contributed by atoms with E-state index in [1.165, 1.54) is 26.3 Å². The van der Waals surface area contributed by atoms with Crippen LogP contribution in [-0.4, -0.2) is 60.5 Å². The third-order valence-electron chi connectivity index (χ3n) is 7.71. The van der Waals surface area contributed by atoms with E-state index < -0.39 is 48.1 Å². The van der Waals surface area contributed by atoms with Gasteiger partial charge in [0.2, 0.25) is 0 Å². The lowest BCUT2D eigenvalue weighted by Gasteiger charge is -2.49. The monoisotopic (exact) mass is 494 g/mol. The Morgan fingerprint density at radius 1 is 0.971 bits per heavy atom. The predicted molar refractivity (Wildman–Crippen MR) is 124 cm³/mol. The van der Waals surface area contributed by atoms with E-state index in [9.17, 15) is 19.2 Å². The van der Waals surface area contributed by atoms with Gasteiger partial charge in [-0.25, -0.2) is 0 Å². The molecule has 0 radical (unpaired) electrons. The number of hydrogen-bond donors (Lipinski definition) is 0. The SMILES string of the molecule is CC(=O)OC1COC(OC(C)(C)C2CCC3(C)CCC(=O)C(C)=C3C2)C(OC(C)=O)C1OC(C)=O. The normalized spacial score (nSPS) is 33.6. The zero-order valence-corrected chi connectivity index (χ0v) is 21.8. The first-order chi connectivity index (χ1) is 16.2. The van der Waals surface area contributed by atoms with Crippen molar-refractivity contribution in [1.29, 1.82) is 0 Å². The van der Waals surface area contributed by atoms with Crippen molar-refractivity contribution in [3.05, 3.63) is 11.1 Å². The quantitative estimate of drug-likeness (QED) is 0.405. The first-order valence-corrected chi connectivity index (χ1v) is 12.3. The van der Waals surface area contributed by atoms with Gasteiger partial charge >= 0.3 is 17.9 Å². The molecule has 6 unspecified atom stereocenters. The maximum atomic E-state index is 12.4. The molecule has 0 aromatic carbocycles. The third kappa shape index (κ3) is 6.12. The van der Waals surface area contributed by atoms with E-state index in [0.717, 1.165) is 31.3 Å². The van der Waals surface area contributed by atoms with Crippen LogP contribution in [0.15, 0.2) is 11.1 Å². The highest BCUT2D eigenvalue weighted by atomic mass is 16.7. The fourth-order valence-corrected chi connectivity index (χ4v) is 5.66. The second-order valence-electron chi connectivity index (χ2n) is 10.7. The Morgan fingerprint density at radius 3 is 2.17 bits per heavy atom. The fourth-order valence-electron chi connectivity index (χ4n) is 5.66. The number of ether oxygens (including phenoxy) is 5. The number of ketones is 1. The van der Waals surface area contributed by atoms with Crippen molar-refractivity contribution in [3.8, 4) is 0 Å². The highest BCUT2D eigenvalue weighted by Crippen LogP contribution is 2.53. The van der Waals surface area contributed by atoms with Crippen molar-refractivity contribution in [2.75, 3.05) is 6.61 Å². The minimum absolute atomic E-state index is 0.0316. The Labute approximate surface area is 206 Å². The standard InChI is InChI=1S/C26H38O9/c1-14-19-12-18(8-10-26(19,7)11-9-20(14)30)25(5,6)35-24-23(34-17(4)29)22(33-16(3)28)21(13-31-24)32-15(2)27/h18,21-24H,8-13H2,1-7H3. The molecule has 2 aliphatic carbocycles. The number of hydrogen-bond acceptors (Lipinski definition) is 9. The van der Waals surface area contributed by atoms with Gasteiger partial charge in [-0.2, -0.15) is 0 Å². The Kier molecular flexibility index (Phi) is 8.11. The molecule has 0 aromatic rings. The smallest absolute Gasteiger partial charge is 0.303 e. The summed E-state index contributed by atoms with van der Waals surface area (Å²) in [6, 6.07) is 0. The second kappa shape index (κ2) is 10.4. The van der Waals surface area contributed by atoms with Crippen molar-refractivity contribution in [3.63, 3.8) is 0 Å². The Morgan fingerprint density at radius 2 is 1.57 bits per heavy atom. The first-order valence-electron chi connectivity index (χ1n) is 12.3. The van der Waals surface area contributed by atoms with Gasteiger partial charge in [0, 0.05) is 27.2 Å². The number of esters is 3. The van der Waals surface area contributed by atoms with Crippen LogP contribution >= 0.6 is 0 Å². The highest BCUT2D eigenvalue weighted by molar-refractivity contribution is 5.96. The third-order valence-corrected chi connectivity index (χ3v) is 7.71. The summed E-state index contributed by atoms with van der Waals surface area (Å²) >= 11 is 0. The van der Waals surface area contributed by atoms with E-state index in [-0.39, 0.29) is 23.7 Å². The first kappa shape index (κ1) is 27.3. The highest BCUT2D eigenvalue weighted by Gasteiger charge is 2.51. The molecule has 0 bridgehead atoms. The van der Waals surface area contributed by atoms with E-state index in [4.69, 9.17) is 23.7 Å². The van der Waals surface area contributed by atoms with Gasteiger partial charge in [0.1, 0.15) is 0 Å². The van der Waals surface area contributed by atoms with Gasteiger partial charge in [-0.1, -0.05) is 12.5 Å². The minimum atomic E-state index is -1.13. The van der Waals surface area contributed by atoms with Crippen LogP contribution in [-0.2, 0) is 42.9 Å². The van der Waals surface area contributed by atoms with Crippen LogP contribution in [0.25, 0.3) is 0 Å². The molecule has 3 aliphatic rings. The van der Waals surface area contributed by atoms with Crippen LogP contribution in [0.2, 0.25) is 0 Å². The number of carbonyl (C=O) groups excluding carboxylic acids is 4. The number of Topliss-reactive ketones (excluding diaryl/α,β-unsaturated/α-hetero) is 1. The predicted octanol–water partition coefficient (Wildman–Crippen LogP) is 3.42. The van der Waals surface area contributed by atoms with Crippen molar-refractivity contribution in [2.24, 2.45) is 11.3 Å². The molecular formula is C26H38O9. The van der Waals surface area contributed by atoms with Gasteiger partial charge in [0.05, 0.1) is 12.2 Å². The van der Waals surface area contributed by atoms with Crippen LogP contribution in [0.5, 0.6) is 0 Å². The maximum absolute atomic E-state index is 12.4. The molecule has 6 atom stereocenters. The zero-order valence-electron chi connectivity index (χ0n) is 21.8. The largest absolute Gasteiger partial charge is 0.456 e. The van der Waals surface area contributed by atoms with Crippen molar-refractivity contribution in [1.82, 2.24) is 0 Å². The minimum Gasteiger partial charge on any atom is -0.456 e. The number of carbonyl (C=O) groups is 4. The van der Waals surface area contributed by atoms with Gasteiger partial charge in [-0.05, 0) is 63.4 Å². The summed E-state index contributed by atoms with van der Waals surface area (Å²) in [4.78, 5) is 47.7. The molecule has 1 saturated heterocycles. The Balaban J connectivity index is 1.84. The fraction of sp³-hybridized carbons (Fsp3) is 0.769. The van der Waals surface area contributed by atoms with Gasteiger partial charge in [-0.15, -0.1) is 0 Å². The van der Waals surface area contributed by atoms with Crippen LogP contribution in [0.3, 0.4) is 0 Å². The molecule has 0 spiro atoms. The molecule has 0 aromatic heterocycles. The topological polar surface area (TPSA) is 114 Å². The van der Waals surface area contributed by atoms with Gasteiger partial charge < -0.3 is 23.7 Å². The van der Waals surface area contributed by atoms with E-state index in [0.29, 0.717) is 6.42 Å². The number of allylic oxidation sites excluding steroid dienone is 2. The summed E-state index contributed by atoms with van der Waals surface area (Å²) in [5.41, 5.74) is 1.39. The summed E-state index contributed by atoms with van der Waals surface area (Å²) < 4.78 is 28.5. The molecule has 1 saturated carbocycles. The molecule has 1 aliphatic heterocycles. The van der Waals surface area contributed by atoms with Gasteiger partial charge in [-0.3, -0.25) is 19.2 Å². The summed E-state index contributed by atoms with van der Waals surface area (Å²) in [7, 11) is 0. The lowest BCUT2D eigenvalue weighted by molar-refractivity contribution is -0.309. The zero-order chi connectivity index (χ0) is 26.1.